The predicted molar refractivity (Wildman–Crippen MR) is 138 cm³/mol. The quantitative estimate of drug-likeness (QED) is 0.157. The van der Waals surface area contributed by atoms with Gasteiger partial charge in [0.05, 0.1) is 0 Å². The number of hydrogen-bond donors (Lipinski definition) is 0. The fourth-order valence-corrected chi connectivity index (χ4v) is 4.45. The standard InChI is InChI=1S/C17H16N2.C7H6FI2N.Pt/c1-18-13-17(16-10-6-3-7-11-16)19(14-18)12-15-8-4-2-5-9-15;8-7-3-1-6(2-4-7)5-11(9)10;/h2-11,13H,12H2,1H3;1-4H,5H2;. The summed E-state index contributed by atoms with van der Waals surface area (Å²) in [5, 5.41) is 0. The summed E-state index contributed by atoms with van der Waals surface area (Å²) in [4.78, 5) is 0. The van der Waals surface area contributed by atoms with E-state index in [1.807, 2.05) is 1.33 Å². The Morgan fingerprint density at radius 3 is 2.00 bits per heavy atom. The van der Waals surface area contributed by atoms with Crippen LogP contribution >= 0.6 is 45.7 Å². The first-order valence-corrected chi connectivity index (χ1v) is 12.6. The number of nitrogens with zero attached hydrogens (tertiary/aromatic N) is 3. The monoisotopic (exact) mass is 820 g/mol. The van der Waals surface area contributed by atoms with Crippen molar-refractivity contribution in [3.05, 3.63) is 112 Å². The average molecular weight is 820 g/mol. The van der Waals surface area contributed by atoms with Gasteiger partial charge in [-0.1, -0.05) is 12.1 Å². The summed E-state index contributed by atoms with van der Waals surface area (Å²) in [6.45, 7) is 1.73. The van der Waals surface area contributed by atoms with Gasteiger partial charge in [0.15, 0.2) is 0 Å². The molecule has 0 aliphatic carbocycles. The fraction of sp³-hybridized carbons (Fsp3) is 0.125. The zero-order valence-corrected chi connectivity index (χ0v) is 23.5. The molecule has 1 aromatic heterocycles. The molecule has 0 aliphatic heterocycles. The predicted octanol–water partition coefficient (Wildman–Crippen LogP) is 6.95. The largest absolute Gasteiger partial charge is 0.207 e. The van der Waals surface area contributed by atoms with Gasteiger partial charge in [-0.2, -0.15) is 1.33 Å². The van der Waals surface area contributed by atoms with Gasteiger partial charge in [0.1, 0.15) is 5.82 Å². The van der Waals surface area contributed by atoms with Crippen LogP contribution < -0.4 is 0 Å². The molecule has 0 radical (unpaired) electrons. The van der Waals surface area contributed by atoms with Crippen LogP contribution in [0.5, 0.6) is 0 Å². The molecule has 3 nitrogen and oxygen atoms in total. The molecule has 0 saturated heterocycles. The van der Waals surface area contributed by atoms with E-state index < -0.39 is 0 Å². The minimum Gasteiger partial charge on any atom is -0.207 e. The van der Waals surface area contributed by atoms with Gasteiger partial charge in [0.25, 0.3) is 0 Å². The second kappa shape index (κ2) is 12.2. The van der Waals surface area contributed by atoms with E-state index >= 15 is 0 Å². The third-order valence-corrected chi connectivity index (χ3v) is 6.65. The maximum absolute atomic E-state index is 12.4. The van der Waals surface area contributed by atoms with E-state index in [1.165, 1.54) is 32.8 Å². The molecule has 31 heavy (non-hydrogen) atoms. The van der Waals surface area contributed by atoms with E-state index in [0.717, 1.165) is 18.7 Å². The second-order valence-corrected chi connectivity index (χ2v) is 12.1. The van der Waals surface area contributed by atoms with Crippen LogP contribution in [0.15, 0.2) is 91.1 Å². The summed E-state index contributed by atoms with van der Waals surface area (Å²) in [6, 6.07) is 27.7. The van der Waals surface area contributed by atoms with Crippen molar-refractivity contribution in [3.63, 3.8) is 0 Å². The zero-order chi connectivity index (χ0) is 22.2. The molecule has 0 spiro atoms. The van der Waals surface area contributed by atoms with Crippen molar-refractivity contribution < 1.29 is 23.7 Å². The Morgan fingerprint density at radius 1 is 0.839 bits per heavy atom. The van der Waals surface area contributed by atoms with E-state index in [4.69, 9.17) is 0 Å². The molecule has 0 bridgehead atoms. The number of hydrogen-bond acceptors (Lipinski definition) is 1. The Labute approximate surface area is 221 Å². The number of aryl methyl sites for hydroxylation is 1. The van der Waals surface area contributed by atoms with Crippen molar-refractivity contribution in [2.45, 2.75) is 13.1 Å². The first-order chi connectivity index (χ1) is 14.9. The first-order valence-electron chi connectivity index (χ1n) is 9.58. The average Bonchev–Trinajstić information content (AvgIpc) is 3.05. The second-order valence-electron chi connectivity index (χ2n) is 6.89. The van der Waals surface area contributed by atoms with E-state index in [0.29, 0.717) is 0 Å². The van der Waals surface area contributed by atoms with E-state index in [1.54, 1.807) is 12.1 Å². The molecule has 0 fully saturated rings. The molecular formula is C24H22FI2N3Pt. The molecule has 7 heteroatoms. The molecule has 164 valence electrons. The fourth-order valence-electron chi connectivity index (χ4n) is 3.06. The van der Waals surface area contributed by atoms with E-state index in [9.17, 15) is 4.39 Å². The van der Waals surface area contributed by atoms with Gasteiger partial charge in [-0.15, -0.1) is 0 Å². The van der Waals surface area contributed by atoms with Crippen LogP contribution in [0.25, 0.3) is 11.3 Å². The number of benzene rings is 3. The molecule has 0 N–H and O–H groups in total. The third-order valence-electron chi connectivity index (χ3n) is 4.55. The number of imidazole rings is 1. The van der Waals surface area contributed by atoms with Gasteiger partial charge >= 0.3 is 130 Å². The van der Waals surface area contributed by atoms with Gasteiger partial charge in [-0.05, 0) is 17.7 Å². The van der Waals surface area contributed by atoms with Gasteiger partial charge < -0.3 is 0 Å². The van der Waals surface area contributed by atoms with Gasteiger partial charge in [-0.3, -0.25) is 0 Å². The molecule has 3 aromatic carbocycles. The number of halogens is 3. The molecule has 0 aliphatic rings. The molecule has 0 saturated carbocycles. The Balaban J connectivity index is 0.000000210. The topological polar surface area (TPSA) is 13.1 Å². The Kier molecular flexibility index (Phi) is 9.68. The Morgan fingerprint density at radius 2 is 1.42 bits per heavy atom. The summed E-state index contributed by atoms with van der Waals surface area (Å²) in [5.74, 6) is -0.179. The summed E-state index contributed by atoms with van der Waals surface area (Å²) in [7, 11) is 2.09. The summed E-state index contributed by atoms with van der Waals surface area (Å²) in [6.07, 6.45) is 2.20. The number of aromatic nitrogens is 2. The molecule has 4 rings (SSSR count). The Hall–Kier alpha value is -1.09. The SMILES string of the molecule is Cn1cc(-c2ccccc2)n(Cc2ccccc2)[c]1=[Pt].Fc1ccc(CN(I)I)cc1. The van der Waals surface area contributed by atoms with Gasteiger partial charge in [0.2, 0.25) is 0 Å². The van der Waals surface area contributed by atoms with Crippen LogP contribution in [-0.4, -0.2) is 10.5 Å². The van der Waals surface area contributed by atoms with E-state index in [-0.39, 0.29) is 5.82 Å². The normalized spacial score (nSPS) is 10.7. The van der Waals surface area contributed by atoms with Crippen LogP contribution in [0.3, 0.4) is 0 Å². The molecule has 1 heterocycles. The summed E-state index contributed by atoms with van der Waals surface area (Å²) in [5.41, 5.74) is 4.94. The van der Waals surface area contributed by atoms with Crippen LogP contribution in [0, 0.1) is 9.62 Å². The maximum Gasteiger partial charge on any atom is 0.123 e. The van der Waals surface area contributed by atoms with Crippen LogP contribution in [0.2, 0.25) is 0 Å². The summed E-state index contributed by atoms with van der Waals surface area (Å²) >= 11 is 6.75. The van der Waals surface area contributed by atoms with E-state index in [2.05, 4.69) is 148 Å². The van der Waals surface area contributed by atoms with Crippen LogP contribution in [0.4, 0.5) is 4.39 Å². The minimum atomic E-state index is -0.179. The van der Waals surface area contributed by atoms with Crippen molar-refractivity contribution >= 4 is 45.7 Å². The van der Waals surface area contributed by atoms with Crippen molar-refractivity contribution in [2.75, 3.05) is 0 Å². The van der Waals surface area contributed by atoms with Crippen LogP contribution in [0.1, 0.15) is 11.1 Å². The molecular weight excluding hydrogens is 798 g/mol. The van der Waals surface area contributed by atoms with Crippen LogP contribution in [-0.2, 0) is 39.5 Å². The zero-order valence-electron chi connectivity index (χ0n) is 16.9. The van der Waals surface area contributed by atoms with Crippen molar-refractivity contribution in [1.29, 1.82) is 0 Å². The van der Waals surface area contributed by atoms with Gasteiger partial charge in [-0.25, -0.2) is 4.39 Å². The van der Waals surface area contributed by atoms with Crippen molar-refractivity contribution in [1.82, 2.24) is 10.5 Å². The third kappa shape index (κ3) is 7.48. The smallest absolute Gasteiger partial charge is 0.123 e. The van der Waals surface area contributed by atoms with Crippen molar-refractivity contribution in [2.24, 2.45) is 7.05 Å². The first kappa shape index (κ1) is 24.5. The summed E-state index contributed by atoms with van der Waals surface area (Å²) < 4.78 is 20.2. The molecule has 0 amide bonds. The molecule has 0 atom stereocenters. The van der Waals surface area contributed by atoms with Gasteiger partial charge in [0, 0.05) is 52.3 Å². The number of rotatable bonds is 5. The van der Waals surface area contributed by atoms with Crippen molar-refractivity contribution in [3.8, 4) is 11.3 Å². The Bertz CT molecular complexity index is 1140. The molecule has 0 unspecified atom stereocenters. The minimum absolute atomic E-state index is 0.179. The maximum atomic E-state index is 12.4. The molecule has 4 aromatic rings.